The molecule has 3 amide bonds. The first-order valence-electron chi connectivity index (χ1n) is 10.5. The van der Waals surface area contributed by atoms with Crippen LogP contribution < -0.4 is 10.2 Å². The Morgan fingerprint density at radius 3 is 2.65 bits per heavy atom. The van der Waals surface area contributed by atoms with Crippen LogP contribution in [0.5, 0.6) is 0 Å². The van der Waals surface area contributed by atoms with E-state index in [-0.39, 0.29) is 24.8 Å². The van der Waals surface area contributed by atoms with Crippen molar-refractivity contribution in [2.75, 3.05) is 16.8 Å². The maximum absolute atomic E-state index is 13.5. The predicted octanol–water partition coefficient (Wildman–Crippen LogP) is 3.83. The lowest BCUT2D eigenvalue weighted by Crippen LogP contribution is -2.47. The van der Waals surface area contributed by atoms with Crippen molar-refractivity contribution in [1.29, 1.82) is 0 Å². The van der Waals surface area contributed by atoms with Gasteiger partial charge >= 0.3 is 12.1 Å². The van der Waals surface area contributed by atoms with Crippen LogP contribution in [-0.2, 0) is 17.8 Å². The summed E-state index contributed by atoms with van der Waals surface area (Å²) in [6.07, 6.45) is 3.76. The van der Waals surface area contributed by atoms with E-state index in [1.807, 2.05) is 6.07 Å². The van der Waals surface area contributed by atoms with Crippen LogP contribution in [0.3, 0.4) is 0 Å². The fourth-order valence-corrected chi connectivity index (χ4v) is 4.11. The highest BCUT2D eigenvalue weighted by Crippen LogP contribution is 2.34. The van der Waals surface area contributed by atoms with Gasteiger partial charge in [-0.25, -0.2) is 22.8 Å². The minimum atomic E-state index is -1.61. The normalized spacial score (nSPS) is 19.7. The number of benzene rings is 1. The molecule has 0 spiro atoms. The van der Waals surface area contributed by atoms with E-state index >= 15 is 0 Å². The van der Waals surface area contributed by atoms with Gasteiger partial charge in [-0.1, -0.05) is 6.07 Å². The van der Waals surface area contributed by atoms with E-state index in [4.69, 9.17) is 4.74 Å². The van der Waals surface area contributed by atoms with Crippen molar-refractivity contribution in [3.8, 4) is 0 Å². The van der Waals surface area contributed by atoms with Gasteiger partial charge in [0.1, 0.15) is 6.10 Å². The van der Waals surface area contributed by atoms with Crippen LogP contribution in [0.25, 0.3) is 0 Å². The number of nitrogens with zero attached hydrogens (tertiary/aromatic N) is 5. The number of halogens is 3. The van der Waals surface area contributed by atoms with Crippen LogP contribution in [0.2, 0.25) is 0 Å². The zero-order chi connectivity index (χ0) is 24.0. The summed E-state index contributed by atoms with van der Waals surface area (Å²) in [4.78, 5) is 32.4. The van der Waals surface area contributed by atoms with Crippen LogP contribution in [0.1, 0.15) is 24.3 Å². The second-order valence-electron chi connectivity index (χ2n) is 8.09. The first-order valence-corrected chi connectivity index (χ1v) is 10.5. The second kappa shape index (κ2) is 8.36. The van der Waals surface area contributed by atoms with Gasteiger partial charge in [0.15, 0.2) is 17.5 Å². The number of hydrogen-bond donors (Lipinski definition) is 1. The van der Waals surface area contributed by atoms with Crippen molar-refractivity contribution in [2.45, 2.75) is 32.2 Å². The van der Waals surface area contributed by atoms with Gasteiger partial charge in [-0.3, -0.25) is 14.6 Å². The zero-order valence-corrected chi connectivity index (χ0v) is 17.9. The molecule has 9 nitrogen and oxygen atoms in total. The van der Waals surface area contributed by atoms with Crippen molar-refractivity contribution in [1.82, 2.24) is 19.7 Å². The van der Waals surface area contributed by atoms with Crippen LogP contribution >= 0.6 is 0 Å². The third-order valence-electron chi connectivity index (χ3n) is 5.87. The lowest BCUT2D eigenvalue weighted by molar-refractivity contribution is 0.142. The fraction of sp³-hybridized carbons (Fsp3) is 0.273. The molecule has 2 atom stereocenters. The van der Waals surface area contributed by atoms with E-state index in [2.05, 4.69) is 15.4 Å². The lowest BCUT2D eigenvalue weighted by Gasteiger charge is -2.34. The van der Waals surface area contributed by atoms with E-state index in [9.17, 15) is 22.8 Å². The number of aromatic nitrogens is 3. The second-order valence-corrected chi connectivity index (χ2v) is 8.09. The molecule has 1 aromatic carbocycles. The van der Waals surface area contributed by atoms with E-state index in [1.54, 1.807) is 36.3 Å². The molecule has 1 N–H and O–H groups in total. The summed E-state index contributed by atoms with van der Waals surface area (Å²) in [6, 6.07) is 4.04. The Bertz CT molecular complexity index is 1250. The van der Waals surface area contributed by atoms with Gasteiger partial charge in [-0.2, -0.15) is 5.10 Å². The number of urea groups is 1. The topological polar surface area (TPSA) is 92.6 Å². The molecule has 0 saturated carbocycles. The number of pyridine rings is 1. The first kappa shape index (κ1) is 21.7. The minimum Gasteiger partial charge on any atom is -0.439 e. The Hall–Kier alpha value is -4.09. The molecule has 1 fully saturated rings. The molecule has 34 heavy (non-hydrogen) atoms. The molecular formula is C22H19F3N6O3. The highest BCUT2D eigenvalue weighted by atomic mass is 19.2. The average Bonchev–Trinajstić information content (AvgIpc) is 3.40. The van der Waals surface area contributed by atoms with E-state index < -0.39 is 35.7 Å². The Balaban J connectivity index is 1.36. The maximum Gasteiger partial charge on any atom is 0.415 e. The SMILES string of the molecule is C[C@H]1Cn2ncc(N3CC(c4cccnc4)OC3=O)c2CN1C(=O)Nc1cc(F)c(F)c(F)c1. The summed E-state index contributed by atoms with van der Waals surface area (Å²) in [5.41, 5.74) is 1.65. The number of carbonyl (C=O) groups excluding carboxylic acids is 2. The van der Waals surface area contributed by atoms with Crippen molar-refractivity contribution < 1.29 is 27.5 Å². The molecule has 5 rings (SSSR count). The van der Waals surface area contributed by atoms with Crippen molar-refractivity contribution in [2.24, 2.45) is 0 Å². The molecule has 176 valence electrons. The van der Waals surface area contributed by atoms with Gasteiger partial charge in [-0.05, 0) is 13.0 Å². The minimum absolute atomic E-state index is 0.0792. The van der Waals surface area contributed by atoms with Crippen molar-refractivity contribution in [3.05, 3.63) is 71.6 Å². The molecule has 0 bridgehead atoms. The molecule has 0 aliphatic carbocycles. The number of amides is 3. The first-order chi connectivity index (χ1) is 16.3. The monoisotopic (exact) mass is 472 g/mol. The summed E-state index contributed by atoms with van der Waals surface area (Å²) < 4.78 is 47.5. The third-order valence-corrected chi connectivity index (χ3v) is 5.87. The van der Waals surface area contributed by atoms with Crippen LogP contribution in [-0.4, -0.2) is 44.4 Å². The highest BCUT2D eigenvalue weighted by molar-refractivity contribution is 5.92. The molecule has 2 aromatic heterocycles. The van der Waals surface area contributed by atoms with Crippen LogP contribution in [0, 0.1) is 17.5 Å². The smallest absolute Gasteiger partial charge is 0.415 e. The van der Waals surface area contributed by atoms with Gasteiger partial charge in [0.25, 0.3) is 0 Å². The summed E-state index contributed by atoms with van der Waals surface area (Å²) in [7, 11) is 0. The fourth-order valence-electron chi connectivity index (χ4n) is 4.11. The maximum atomic E-state index is 13.5. The summed E-state index contributed by atoms with van der Waals surface area (Å²) in [6.45, 7) is 2.46. The van der Waals surface area contributed by atoms with Gasteiger partial charge < -0.3 is 15.0 Å². The summed E-state index contributed by atoms with van der Waals surface area (Å²) in [5, 5.41) is 6.75. The molecule has 12 heteroatoms. The number of carbonyl (C=O) groups is 2. The third kappa shape index (κ3) is 3.80. The quantitative estimate of drug-likeness (QED) is 0.585. The molecule has 1 unspecified atom stereocenters. The number of ether oxygens (including phenoxy) is 1. The largest absolute Gasteiger partial charge is 0.439 e. The molecule has 4 heterocycles. The van der Waals surface area contributed by atoms with Crippen molar-refractivity contribution in [3.63, 3.8) is 0 Å². The predicted molar refractivity (Wildman–Crippen MR) is 113 cm³/mol. The Kier molecular flexibility index (Phi) is 5.34. The molecule has 0 radical (unpaired) electrons. The number of hydrogen-bond acceptors (Lipinski definition) is 5. The number of anilines is 2. The standard InChI is InChI=1S/C22H19F3N6O3/c1-12-9-31-18(10-29(12)21(32)28-14-5-15(23)20(25)16(24)6-14)17(8-27-31)30-11-19(34-22(30)33)13-3-2-4-26-7-13/h2-8,12,19H,9-11H2,1H3,(H,28,32)/t12-,19?/m0/s1. The number of fused-ring (bicyclic) bond motifs is 1. The highest BCUT2D eigenvalue weighted by Gasteiger charge is 2.38. The van der Waals surface area contributed by atoms with Crippen LogP contribution in [0.4, 0.5) is 34.1 Å². The molecule has 2 aliphatic rings. The molecule has 3 aromatic rings. The van der Waals surface area contributed by atoms with Crippen molar-refractivity contribution >= 4 is 23.5 Å². The summed E-state index contributed by atoms with van der Waals surface area (Å²) >= 11 is 0. The Morgan fingerprint density at radius 2 is 1.94 bits per heavy atom. The molecule has 2 aliphatic heterocycles. The zero-order valence-electron chi connectivity index (χ0n) is 17.9. The van der Waals surface area contributed by atoms with Gasteiger partial charge in [-0.15, -0.1) is 0 Å². The van der Waals surface area contributed by atoms with E-state index in [1.165, 1.54) is 9.80 Å². The molecule has 1 saturated heterocycles. The summed E-state index contributed by atoms with van der Waals surface area (Å²) in [5.74, 6) is -4.42. The van der Waals surface area contributed by atoms with Gasteiger partial charge in [0.2, 0.25) is 0 Å². The van der Waals surface area contributed by atoms with Gasteiger partial charge in [0.05, 0.1) is 43.3 Å². The van der Waals surface area contributed by atoms with E-state index in [0.717, 1.165) is 5.56 Å². The number of nitrogens with one attached hydrogen (secondary N) is 1. The average molecular weight is 472 g/mol. The van der Waals surface area contributed by atoms with E-state index in [0.29, 0.717) is 30.1 Å². The van der Waals surface area contributed by atoms with Crippen LogP contribution in [0.15, 0.2) is 42.9 Å². The number of cyclic esters (lactones) is 1. The lowest BCUT2D eigenvalue weighted by atomic mass is 10.1. The Morgan fingerprint density at radius 1 is 1.18 bits per heavy atom. The Labute approximate surface area is 191 Å². The number of rotatable bonds is 3. The van der Waals surface area contributed by atoms with Gasteiger partial charge in [0, 0.05) is 35.8 Å². The molecular weight excluding hydrogens is 453 g/mol.